The van der Waals surface area contributed by atoms with Crippen molar-refractivity contribution < 1.29 is 14.2 Å². The third kappa shape index (κ3) is 3.50. The lowest BCUT2D eigenvalue weighted by molar-refractivity contribution is 0.406. The summed E-state index contributed by atoms with van der Waals surface area (Å²) in [6, 6.07) is 3.86. The molecular formula is C18H13ClFN7O3. The fraction of sp³-hybridized carbons (Fsp3) is 0.167. The van der Waals surface area contributed by atoms with Crippen LogP contribution in [-0.2, 0) is 0 Å². The van der Waals surface area contributed by atoms with E-state index in [0.29, 0.717) is 15.9 Å². The predicted octanol–water partition coefficient (Wildman–Crippen LogP) is 1.04. The van der Waals surface area contributed by atoms with E-state index >= 15 is 0 Å². The number of aromatic nitrogens is 6. The van der Waals surface area contributed by atoms with Crippen molar-refractivity contribution >= 4 is 23.3 Å². The minimum Gasteiger partial charge on any atom is -0.493 e. The Morgan fingerprint density at radius 2 is 2.17 bits per heavy atom. The largest absolute Gasteiger partial charge is 0.493 e. The van der Waals surface area contributed by atoms with Crippen molar-refractivity contribution in [3.05, 3.63) is 62.3 Å². The summed E-state index contributed by atoms with van der Waals surface area (Å²) in [6.07, 6.45) is 4.82. The van der Waals surface area contributed by atoms with E-state index in [1.165, 1.54) is 35.0 Å². The maximum absolute atomic E-state index is 14.1. The average Bonchev–Trinajstić information content (AvgIpc) is 3.34. The summed E-state index contributed by atoms with van der Waals surface area (Å²) in [5, 5.41) is 14.8. The quantitative estimate of drug-likeness (QED) is 0.444. The van der Waals surface area contributed by atoms with E-state index in [-0.39, 0.29) is 35.0 Å². The van der Waals surface area contributed by atoms with Gasteiger partial charge in [-0.15, -0.1) is 0 Å². The van der Waals surface area contributed by atoms with Crippen LogP contribution in [0.4, 0.5) is 4.39 Å². The third-order valence-corrected chi connectivity index (χ3v) is 4.57. The summed E-state index contributed by atoms with van der Waals surface area (Å²) >= 11 is 5.92. The van der Waals surface area contributed by atoms with Gasteiger partial charge in [0.1, 0.15) is 5.69 Å². The average molecular weight is 430 g/mol. The van der Waals surface area contributed by atoms with Crippen LogP contribution in [0.1, 0.15) is 18.5 Å². The van der Waals surface area contributed by atoms with E-state index in [9.17, 15) is 14.3 Å². The van der Waals surface area contributed by atoms with Gasteiger partial charge < -0.3 is 14.8 Å². The van der Waals surface area contributed by atoms with Gasteiger partial charge in [0.2, 0.25) is 5.88 Å². The molecule has 1 aliphatic carbocycles. The summed E-state index contributed by atoms with van der Waals surface area (Å²) in [4.78, 5) is 29.1. The smallest absolute Gasteiger partial charge is 0.327 e. The fourth-order valence-corrected chi connectivity index (χ4v) is 2.92. The molecule has 0 amide bonds. The van der Waals surface area contributed by atoms with Crippen LogP contribution in [0.3, 0.4) is 0 Å². The van der Waals surface area contributed by atoms with Gasteiger partial charge in [-0.2, -0.15) is 19.6 Å². The number of hydrogen-bond donors (Lipinski definition) is 3. The van der Waals surface area contributed by atoms with Gasteiger partial charge >= 0.3 is 11.7 Å². The third-order valence-electron chi connectivity index (χ3n) is 4.33. The summed E-state index contributed by atoms with van der Waals surface area (Å²) in [6.45, 7) is 0. The highest BCUT2D eigenvalue weighted by molar-refractivity contribution is 6.30. The number of imidazole rings is 1. The second kappa shape index (κ2) is 6.95. The van der Waals surface area contributed by atoms with Crippen LogP contribution in [-0.4, -0.2) is 40.7 Å². The molecule has 3 N–H and O–H groups in total. The van der Waals surface area contributed by atoms with Gasteiger partial charge in [0, 0.05) is 16.3 Å². The van der Waals surface area contributed by atoms with E-state index < -0.39 is 11.5 Å². The molecule has 0 unspecified atom stereocenters. The Bertz CT molecular complexity index is 1450. The van der Waals surface area contributed by atoms with Crippen LogP contribution in [0.5, 0.6) is 17.6 Å². The Balaban J connectivity index is 1.69. The van der Waals surface area contributed by atoms with Gasteiger partial charge in [-0.3, -0.25) is 4.98 Å². The number of ether oxygens (including phenoxy) is 1. The molecule has 0 radical (unpaired) electrons. The second-order valence-electron chi connectivity index (χ2n) is 6.66. The molecule has 5 rings (SSSR count). The molecule has 12 heteroatoms. The summed E-state index contributed by atoms with van der Waals surface area (Å²) in [5.74, 6) is -1.09. The van der Waals surface area contributed by atoms with Gasteiger partial charge in [-0.1, -0.05) is 11.6 Å². The molecule has 0 saturated heterocycles. The van der Waals surface area contributed by atoms with Crippen molar-refractivity contribution in [2.75, 3.05) is 0 Å². The first-order valence-electron chi connectivity index (χ1n) is 8.92. The highest BCUT2D eigenvalue weighted by Gasteiger charge is 2.21. The molecule has 0 atom stereocenters. The molecule has 4 aromatic rings. The predicted molar refractivity (Wildman–Crippen MR) is 103 cm³/mol. The number of aromatic amines is 2. The minimum absolute atomic E-state index is 0.126. The lowest BCUT2D eigenvalue weighted by Crippen LogP contribution is -2.23. The standard InChI is InChI=1S/C18H13ClFN7O3/c19-9-1-4-11(20)13(6-9)30-18-24-14-8(5-12-15(28)25-17(29)23-12)7-21-27(14)16(26-18)22-10-2-3-10/h1,4-7,10,28H,2-3H2,(H2,23,25,29). The Labute approximate surface area is 171 Å². The summed E-state index contributed by atoms with van der Waals surface area (Å²) < 4.78 is 21.0. The first-order valence-corrected chi connectivity index (χ1v) is 9.29. The number of benzene rings is 1. The number of H-pyrrole nitrogens is 2. The van der Waals surface area contributed by atoms with Crippen LogP contribution in [0, 0.1) is 5.82 Å². The monoisotopic (exact) mass is 429 g/mol. The van der Waals surface area contributed by atoms with Crippen LogP contribution in [0.2, 0.25) is 5.02 Å². The number of nitrogens with zero attached hydrogens (tertiary/aromatic N) is 5. The van der Waals surface area contributed by atoms with E-state index in [1.54, 1.807) is 0 Å². The van der Waals surface area contributed by atoms with E-state index in [4.69, 9.17) is 16.3 Å². The van der Waals surface area contributed by atoms with Crippen LogP contribution in [0.25, 0.3) is 11.7 Å². The molecular weight excluding hydrogens is 417 g/mol. The van der Waals surface area contributed by atoms with Gasteiger partial charge in [-0.25, -0.2) is 14.2 Å². The molecule has 0 aliphatic heterocycles. The van der Waals surface area contributed by atoms with Crippen molar-refractivity contribution in [2.45, 2.75) is 18.9 Å². The summed E-state index contributed by atoms with van der Waals surface area (Å²) in [5.41, 5.74) is 0.127. The van der Waals surface area contributed by atoms with Crippen molar-refractivity contribution in [3.8, 4) is 17.6 Å². The van der Waals surface area contributed by atoms with Crippen LogP contribution < -0.4 is 21.3 Å². The molecule has 1 fully saturated rings. The van der Waals surface area contributed by atoms with Crippen LogP contribution >= 0.6 is 11.6 Å². The Kier molecular flexibility index (Phi) is 4.24. The minimum atomic E-state index is -0.626. The number of aromatic hydroxyl groups is 1. The van der Waals surface area contributed by atoms with Crippen molar-refractivity contribution in [3.63, 3.8) is 0 Å². The lowest BCUT2D eigenvalue weighted by atomic mass is 10.3. The Hall–Kier alpha value is -3.73. The number of halogens is 2. The molecule has 1 aromatic carbocycles. The molecule has 0 spiro atoms. The maximum atomic E-state index is 14.1. The van der Waals surface area contributed by atoms with Gasteiger partial charge in [0.25, 0.3) is 5.62 Å². The lowest BCUT2D eigenvalue weighted by Gasteiger charge is -2.05. The fourth-order valence-electron chi connectivity index (χ4n) is 2.76. The highest BCUT2D eigenvalue weighted by atomic mass is 35.5. The summed E-state index contributed by atoms with van der Waals surface area (Å²) in [7, 11) is 0. The van der Waals surface area contributed by atoms with E-state index in [2.05, 4.69) is 30.0 Å². The van der Waals surface area contributed by atoms with Gasteiger partial charge in [0.05, 0.1) is 12.2 Å². The zero-order valence-electron chi connectivity index (χ0n) is 15.1. The molecule has 3 aromatic heterocycles. The Morgan fingerprint density at radius 3 is 2.90 bits per heavy atom. The first-order chi connectivity index (χ1) is 14.5. The highest BCUT2D eigenvalue weighted by Crippen LogP contribution is 2.25. The van der Waals surface area contributed by atoms with Gasteiger partial charge in [0.15, 0.2) is 17.2 Å². The number of hydrogen-bond acceptors (Lipinski definition) is 7. The Morgan fingerprint density at radius 1 is 1.33 bits per heavy atom. The van der Waals surface area contributed by atoms with E-state index in [0.717, 1.165) is 12.8 Å². The number of rotatable bonds is 4. The first kappa shape index (κ1) is 18.3. The molecule has 30 heavy (non-hydrogen) atoms. The normalized spacial score (nSPS) is 15.3. The van der Waals surface area contributed by atoms with E-state index in [1.807, 2.05) is 0 Å². The number of nitrogens with one attached hydrogen (secondary N) is 2. The van der Waals surface area contributed by atoms with Crippen molar-refractivity contribution in [2.24, 2.45) is 4.99 Å². The number of fused-ring (bicyclic) bond motifs is 1. The topological polar surface area (TPSA) is 134 Å². The SMILES string of the molecule is O=c1[nH]c(O)c(C=c2cnn3c(=NC4CC4)nc(Oc4cc(Cl)ccc4F)nc23)[nH]1. The second-order valence-corrected chi connectivity index (χ2v) is 7.10. The molecule has 3 heterocycles. The van der Waals surface area contributed by atoms with Crippen molar-refractivity contribution in [1.29, 1.82) is 0 Å². The molecule has 0 bridgehead atoms. The molecule has 152 valence electrons. The molecule has 1 saturated carbocycles. The molecule has 10 nitrogen and oxygen atoms in total. The molecule has 1 aliphatic rings. The zero-order valence-corrected chi connectivity index (χ0v) is 15.9. The maximum Gasteiger partial charge on any atom is 0.327 e. The zero-order chi connectivity index (χ0) is 20.8. The van der Waals surface area contributed by atoms with Gasteiger partial charge in [-0.05, 0) is 31.1 Å². The van der Waals surface area contributed by atoms with Crippen LogP contribution in [0.15, 0.2) is 34.2 Å². The van der Waals surface area contributed by atoms with Crippen molar-refractivity contribution in [1.82, 2.24) is 29.5 Å².